The molecular weight excluding hydrogens is 256 g/mol. The molecule has 0 spiro atoms. The molecule has 1 aromatic carbocycles. The molecule has 3 atom stereocenters. The monoisotopic (exact) mass is 288 g/mol. The predicted octanol–water partition coefficient (Wildman–Crippen LogP) is 4.15. The Morgan fingerprint density at radius 2 is 1.81 bits per heavy atom. The summed E-state index contributed by atoms with van der Waals surface area (Å²) in [6.07, 6.45) is 5.03. The Balaban J connectivity index is 2.12. The number of nitrogens with zero attached hydrogens (tertiary/aromatic N) is 1. The van der Waals surface area contributed by atoms with Gasteiger partial charge in [0.2, 0.25) is 0 Å². The van der Waals surface area contributed by atoms with Crippen LogP contribution in [0.15, 0.2) is 24.3 Å². The van der Waals surface area contributed by atoms with Crippen molar-refractivity contribution >= 4 is 0 Å². The minimum Gasteiger partial charge on any atom is -0.329 e. The highest BCUT2D eigenvalue weighted by Crippen LogP contribution is 2.32. The van der Waals surface area contributed by atoms with Crippen LogP contribution in [0.5, 0.6) is 0 Å². The zero-order valence-corrected chi connectivity index (χ0v) is 14.2. The first-order valence-electron chi connectivity index (χ1n) is 8.59. The van der Waals surface area contributed by atoms with Gasteiger partial charge in [0, 0.05) is 24.7 Å². The van der Waals surface area contributed by atoms with Crippen molar-refractivity contribution in [3.05, 3.63) is 35.4 Å². The van der Waals surface area contributed by atoms with Crippen LogP contribution in [0.1, 0.15) is 64.1 Å². The Bertz CT molecular complexity index is 424. The SMILES string of the molecule is CC(C)Cc1ccc(C(C)N2C(C)CCCC2CN)cc1. The lowest BCUT2D eigenvalue weighted by molar-refractivity contribution is 0.0570. The lowest BCUT2D eigenvalue weighted by atomic mass is 9.92. The second-order valence-corrected chi connectivity index (χ2v) is 7.13. The van der Waals surface area contributed by atoms with Crippen molar-refractivity contribution in [2.75, 3.05) is 6.54 Å². The highest BCUT2D eigenvalue weighted by molar-refractivity contribution is 5.25. The number of hydrogen-bond acceptors (Lipinski definition) is 2. The molecule has 118 valence electrons. The van der Waals surface area contributed by atoms with Gasteiger partial charge in [-0.25, -0.2) is 0 Å². The predicted molar refractivity (Wildman–Crippen MR) is 91.4 cm³/mol. The first-order chi connectivity index (χ1) is 10.0. The average molecular weight is 288 g/mol. The molecule has 21 heavy (non-hydrogen) atoms. The summed E-state index contributed by atoms with van der Waals surface area (Å²) in [5, 5.41) is 0. The maximum atomic E-state index is 6.01. The molecule has 3 unspecified atom stereocenters. The number of rotatable bonds is 5. The molecule has 1 aliphatic rings. The Kier molecular flexibility index (Phi) is 5.83. The summed E-state index contributed by atoms with van der Waals surface area (Å²) in [7, 11) is 0. The third-order valence-corrected chi connectivity index (χ3v) is 4.92. The Labute approximate surface area is 130 Å². The van der Waals surface area contributed by atoms with Crippen LogP contribution in [0.25, 0.3) is 0 Å². The van der Waals surface area contributed by atoms with Gasteiger partial charge in [0.1, 0.15) is 0 Å². The van der Waals surface area contributed by atoms with Crippen molar-refractivity contribution in [1.82, 2.24) is 4.90 Å². The average Bonchev–Trinajstić information content (AvgIpc) is 2.46. The maximum absolute atomic E-state index is 6.01. The van der Waals surface area contributed by atoms with E-state index in [9.17, 15) is 0 Å². The Hall–Kier alpha value is -0.860. The van der Waals surface area contributed by atoms with Crippen molar-refractivity contribution in [2.45, 2.75) is 71.5 Å². The fourth-order valence-corrected chi connectivity index (χ4v) is 3.82. The lowest BCUT2D eigenvalue weighted by Gasteiger charge is -2.44. The van der Waals surface area contributed by atoms with Crippen LogP contribution in [0.4, 0.5) is 0 Å². The van der Waals surface area contributed by atoms with E-state index in [1.54, 1.807) is 0 Å². The molecule has 2 N–H and O–H groups in total. The molecular formula is C19H32N2. The molecule has 1 saturated heterocycles. The van der Waals surface area contributed by atoms with Crippen LogP contribution in [0, 0.1) is 5.92 Å². The van der Waals surface area contributed by atoms with Gasteiger partial charge < -0.3 is 5.73 Å². The van der Waals surface area contributed by atoms with Gasteiger partial charge in [-0.15, -0.1) is 0 Å². The zero-order chi connectivity index (χ0) is 15.4. The molecule has 0 amide bonds. The van der Waals surface area contributed by atoms with Gasteiger partial charge in [-0.3, -0.25) is 4.90 Å². The molecule has 2 rings (SSSR count). The molecule has 0 saturated carbocycles. The fraction of sp³-hybridized carbons (Fsp3) is 0.684. The van der Waals surface area contributed by atoms with Crippen molar-refractivity contribution in [3.8, 4) is 0 Å². The van der Waals surface area contributed by atoms with E-state index in [1.165, 1.54) is 36.8 Å². The summed E-state index contributed by atoms with van der Waals surface area (Å²) in [6, 6.07) is 10.9. The minimum atomic E-state index is 0.460. The van der Waals surface area contributed by atoms with Crippen molar-refractivity contribution < 1.29 is 0 Å². The first-order valence-corrected chi connectivity index (χ1v) is 8.59. The van der Waals surface area contributed by atoms with Crippen molar-refractivity contribution in [2.24, 2.45) is 11.7 Å². The number of nitrogens with two attached hydrogens (primary N) is 1. The van der Waals surface area contributed by atoms with Crippen LogP contribution in [-0.4, -0.2) is 23.5 Å². The Morgan fingerprint density at radius 3 is 2.38 bits per heavy atom. The van der Waals surface area contributed by atoms with Crippen molar-refractivity contribution in [1.29, 1.82) is 0 Å². The summed E-state index contributed by atoms with van der Waals surface area (Å²) in [6.45, 7) is 10.0. The summed E-state index contributed by atoms with van der Waals surface area (Å²) >= 11 is 0. The van der Waals surface area contributed by atoms with Gasteiger partial charge in [-0.1, -0.05) is 44.5 Å². The molecule has 2 heteroatoms. The van der Waals surface area contributed by atoms with Gasteiger partial charge in [0.05, 0.1) is 0 Å². The van der Waals surface area contributed by atoms with E-state index in [4.69, 9.17) is 5.73 Å². The minimum absolute atomic E-state index is 0.460. The third-order valence-electron chi connectivity index (χ3n) is 4.92. The van der Waals surface area contributed by atoms with Crippen LogP contribution in [0.2, 0.25) is 0 Å². The normalized spacial score (nSPS) is 25.2. The van der Waals surface area contributed by atoms with E-state index in [0.29, 0.717) is 18.1 Å². The van der Waals surface area contributed by atoms with Crippen LogP contribution >= 0.6 is 0 Å². The van der Waals surface area contributed by atoms with Gasteiger partial charge in [-0.05, 0) is 50.2 Å². The molecule has 0 aromatic heterocycles. The molecule has 1 aromatic rings. The van der Waals surface area contributed by atoms with Crippen LogP contribution < -0.4 is 5.73 Å². The molecule has 2 nitrogen and oxygen atoms in total. The standard InChI is InChI=1S/C19H32N2/c1-14(2)12-17-8-10-18(11-9-17)16(4)21-15(3)6-5-7-19(21)13-20/h8-11,14-16,19H,5-7,12-13,20H2,1-4H3. The van der Waals surface area contributed by atoms with E-state index in [1.807, 2.05) is 0 Å². The molecule has 0 bridgehead atoms. The van der Waals surface area contributed by atoms with Crippen LogP contribution in [0.3, 0.4) is 0 Å². The van der Waals surface area contributed by atoms with Gasteiger partial charge >= 0.3 is 0 Å². The van der Waals surface area contributed by atoms with E-state index >= 15 is 0 Å². The molecule has 0 aliphatic carbocycles. The number of hydrogen-bond donors (Lipinski definition) is 1. The van der Waals surface area contributed by atoms with Crippen molar-refractivity contribution in [3.63, 3.8) is 0 Å². The van der Waals surface area contributed by atoms with E-state index in [2.05, 4.69) is 56.9 Å². The van der Waals surface area contributed by atoms with Gasteiger partial charge in [0.25, 0.3) is 0 Å². The molecule has 1 aliphatic heterocycles. The quantitative estimate of drug-likeness (QED) is 0.882. The topological polar surface area (TPSA) is 29.3 Å². The summed E-state index contributed by atoms with van der Waals surface area (Å²) in [5.74, 6) is 0.719. The summed E-state index contributed by atoms with van der Waals surface area (Å²) < 4.78 is 0. The van der Waals surface area contributed by atoms with E-state index < -0.39 is 0 Å². The number of benzene rings is 1. The number of likely N-dealkylation sites (tertiary alicyclic amines) is 1. The highest BCUT2D eigenvalue weighted by Gasteiger charge is 2.31. The third kappa shape index (κ3) is 4.08. The first kappa shape index (κ1) is 16.5. The van der Waals surface area contributed by atoms with Crippen LogP contribution in [-0.2, 0) is 6.42 Å². The largest absolute Gasteiger partial charge is 0.329 e. The lowest BCUT2D eigenvalue weighted by Crippen LogP contribution is -2.49. The molecule has 1 fully saturated rings. The van der Waals surface area contributed by atoms with E-state index in [-0.39, 0.29) is 0 Å². The Morgan fingerprint density at radius 1 is 1.14 bits per heavy atom. The smallest absolute Gasteiger partial charge is 0.0326 e. The van der Waals surface area contributed by atoms with Gasteiger partial charge in [-0.2, -0.15) is 0 Å². The van der Waals surface area contributed by atoms with E-state index in [0.717, 1.165) is 12.5 Å². The summed E-state index contributed by atoms with van der Waals surface area (Å²) in [5.41, 5.74) is 8.88. The second kappa shape index (κ2) is 7.42. The molecule has 0 radical (unpaired) electrons. The molecule has 1 heterocycles. The summed E-state index contributed by atoms with van der Waals surface area (Å²) in [4.78, 5) is 2.64. The fourth-order valence-electron chi connectivity index (χ4n) is 3.82. The zero-order valence-electron chi connectivity index (χ0n) is 14.2. The highest BCUT2D eigenvalue weighted by atomic mass is 15.2. The maximum Gasteiger partial charge on any atom is 0.0326 e. The van der Waals surface area contributed by atoms with Gasteiger partial charge in [0.15, 0.2) is 0 Å². The number of piperidine rings is 1. The second-order valence-electron chi connectivity index (χ2n) is 7.13.